The van der Waals surface area contributed by atoms with Crippen molar-refractivity contribution in [1.29, 1.82) is 0 Å². The second-order valence-electron chi connectivity index (χ2n) is 9.27. The summed E-state index contributed by atoms with van der Waals surface area (Å²) in [5.74, 6) is 0.324. The Kier molecular flexibility index (Phi) is 13.0. The molecule has 0 aliphatic heterocycles. The average Bonchev–Trinajstić information content (AvgIpc) is 2.83. The van der Waals surface area contributed by atoms with E-state index in [9.17, 15) is 9.59 Å². The molecule has 1 unspecified atom stereocenters. The third kappa shape index (κ3) is 12.5. The normalized spacial score (nSPS) is 14.2. The van der Waals surface area contributed by atoms with Crippen LogP contribution in [-0.2, 0) is 25.5 Å². The van der Waals surface area contributed by atoms with E-state index >= 15 is 0 Å². The van der Waals surface area contributed by atoms with Crippen molar-refractivity contribution in [2.45, 2.75) is 70.3 Å². The number of carbonyl (C=O) groups excluding carboxylic acids is 1. The third-order valence-corrected chi connectivity index (χ3v) is 5.82. The Labute approximate surface area is 209 Å². The first-order chi connectivity index (χ1) is 16.9. The van der Waals surface area contributed by atoms with Gasteiger partial charge >= 0.3 is 11.9 Å². The van der Waals surface area contributed by atoms with Crippen molar-refractivity contribution >= 4 is 11.9 Å². The molecule has 0 fully saturated rings. The maximum Gasteiger partial charge on any atom is 0.306 e. The van der Waals surface area contributed by atoms with E-state index in [1.807, 2.05) is 31.1 Å². The van der Waals surface area contributed by atoms with Crippen molar-refractivity contribution in [3.63, 3.8) is 0 Å². The fraction of sp³-hybridized carbons (Fsp3) is 0.571. The number of likely N-dealkylation sites (N-methyl/N-ethyl adjacent to an activating group) is 1. The number of esters is 1. The Balaban J connectivity index is 1.70. The van der Waals surface area contributed by atoms with Gasteiger partial charge in [0.25, 0.3) is 0 Å². The highest BCUT2D eigenvalue weighted by atomic mass is 16.6. The molecule has 0 aromatic heterocycles. The topological polar surface area (TPSA) is 85.3 Å². The van der Waals surface area contributed by atoms with Crippen LogP contribution in [0.15, 0.2) is 47.7 Å². The van der Waals surface area contributed by atoms with Gasteiger partial charge in [-0.25, -0.2) is 0 Å². The van der Waals surface area contributed by atoms with E-state index in [-0.39, 0.29) is 19.4 Å². The number of aryl methyl sites for hydroxylation is 1. The summed E-state index contributed by atoms with van der Waals surface area (Å²) in [6, 6.07) is 8.28. The van der Waals surface area contributed by atoms with Crippen LogP contribution in [0.25, 0.3) is 0 Å². The summed E-state index contributed by atoms with van der Waals surface area (Å²) in [6.45, 7) is 0.783. The second-order valence-corrected chi connectivity index (χ2v) is 9.27. The number of carboxylic acid groups (broad SMARTS) is 1. The number of aliphatic carboxylic acids is 1. The minimum atomic E-state index is -1.01. The van der Waals surface area contributed by atoms with Crippen LogP contribution in [0.2, 0.25) is 0 Å². The molecule has 1 aliphatic rings. The number of ether oxygens (including phenoxy) is 3. The van der Waals surface area contributed by atoms with Crippen LogP contribution in [0.3, 0.4) is 0 Å². The number of hydrogen-bond donors (Lipinski definition) is 1. The van der Waals surface area contributed by atoms with Crippen LogP contribution in [0.5, 0.6) is 5.75 Å². The predicted molar refractivity (Wildman–Crippen MR) is 136 cm³/mol. The number of allylic oxidation sites excluding steroid dienone is 4. The van der Waals surface area contributed by atoms with E-state index in [1.165, 1.54) is 30.4 Å². The van der Waals surface area contributed by atoms with Crippen LogP contribution < -0.4 is 4.74 Å². The number of carbonyl (C=O) groups is 2. The average molecular weight is 488 g/mol. The summed E-state index contributed by atoms with van der Waals surface area (Å²) in [5, 5.41) is 8.75. The van der Waals surface area contributed by atoms with E-state index in [4.69, 9.17) is 19.3 Å². The molecule has 7 nitrogen and oxygen atoms in total. The van der Waals surface area contributed by atoms with E-state index in [0.717, 1.165) is 43.6 Å². The molecule has 7 heteroatoms. The molecule has 1 aromatic rings. The first-order valence-corrected chi connectivity index (χ1v) is 12.6. The van der Waals surface area contributed by atoms with Crippen molar-refractivity contribution in [3.8, 4) is 5.75 Å². The van der Waals surface area contributed by atoms with Gasteiger partial charge in [0, 0.05) is 13.0 Å². The summed E-state index contributed by atoms with van der Waals surface area (Å²) < 4.78 is 16.8. The largest absolute Gasteiger partial charge is 0.497 e. The Morgan fingerprint density at radius 2 is 1.86 bits per heavy atom. The smallest absolute Gasteiger partial charge is 0.306 e. The van der Waals surface area contributed by atoms with Gasteiger partial charge in [-0.15, -0.1) is 0 Å². The molecule has 0 radical (unpaired) electrons. The molecule has 0 saturated heterocycles. The quantitative estimate of drug-likeness (QED) is 0.240. The number of methoxy groups -OCH3 is 1. The van der Waals surface area contributed by atoms with Crippen molar-refractivity contribution in [2.24, 2.45) is 0 Å². The lowest BCUT2D eigenvalue weighted by Gasteiger charge is -2.23. The predicted octanol–water partition coefficient (Wildman–Crippen LogP) is 5.15. The summed E-state index contributed by atoms with van der Waals surface area (Å²) in [4.78, 5) is 24.6. The number of carboxylic acids is 1. The molecule has 1 atom stereocenters. The van der Waals surface area contributed by atoms with E-state index in [2.05, 4.69) is 24.3 Å². The van der Waals surface area contributed by atoms with Crippen LogP contribution in [-0.4, -0.2) is 62.4 Å². The molecule has 194 valence electrons. The summed E-state index contributed by atoms with van der Waals surface area (Å²) in [6.07, 6.45) is 12.2. The maximum absolute atomic E-state index is 12.0. The Bertz CT molecular complexity index is 861. The number of unbranched alkanes of at least 4 members (excludes halogenated alkanes) is 3. The molecule has 0 amide bonds. The fourth-order valence-corrected chi connectivity index (χ4v) is 4.05. The van der Waals surface area contributed by atoms with Crippen molar-refractivity contribution in [3.05, 3.63) is 53.3 Å². The minimum absolute atomic E-state index is 0.131. The van der Waals surface area contributed by atoms with Gasteiger partial charge in [0.05, 0.1) is 25.7 Å². The van der Waals surface area contributed by atoms with Gasteiger partial charge in [-0.05, 0) is 75.5 Å². The van der Waals surface area contributed by atoms with Crippen LogP contribution in [0.4, 0.5) is 0 Å². The molecule has 1 N–H and O–H groups in total. The lowest BCUT2D eigenvalue weighted by Crippen LogP contribution is -2.34. The SMILES string of the molecule is COc1cccc(CCCCCCC2=CCCC(OCC(CN(C)C)OC(=O)CCC(=O)O)=C2)c1. The molecule has 0 bridgehead atoms. The van der Waals surface area contributed by atoms with E-state index in [1.54, 1.807) is 7.11 Å². The lowest BCUT2D eigenvalue weighted by atomic mass is 9.99. The molecule has 35 heavy (non-hydrogen) atoms. The standard InChI is InChI=1S/C28H41NO6/c1-29(2)20-26(35-28(32)17-16-27(30)31)21-34-25-15-9-13-23(19-25)11-7-5-4-6-10-22-12-8-14-24(18-22)33-3/h8,12-14,18-19,26H,4-7,9-11,15-17,20-21H2,1-3H3,(H,30,31). The van der Waals surface area contributed by atoms with Gasteiger partial charge in [-0.2, -0.15) is 0 Å². The molecule has 0 spiro atoms. The van der Waals surface area contributed by atoms with Gasteiger partial charge < -0.3 is 24.2 Å². The highest BCUT2D eigenvalue weighted by Gasteiger charge is 2.18. The fourth-order valence-electron chi connectivity index (χ4n) is 4.05. The monoisotopic (exact) mass is 487 g/mol. The molecule has 0 saturated carbocycles. The summed E-state index contributed by atoms with van der Waals surface area (Å²) >= 11 is 0. The Hall–Kier alpha value is -2.80. The highest BCUT2D eigenvalue weighted by molar-refractivity contribution is 5.76. The zero-order chi connectivity index (χ0) is 25.5. The molecular formula is C28H41NO6. The van der Waals surface area contributed by atoms with Crippen LogP contribution in [0, 0.1) is 0 Å². The number of benzene rings is 1. The zero-order valence-electron chi connectivity index (χ0n) is 21.5. The minimum Gasteiger partial charge on any atom is -0.497 e. The number of hydrogen-bond acceptors (Lipinski definition) is 6. The first kappa shape index (κ1) is 28.4. The van der Waals surface area contributed by atoms with Gasteiger partial charge in [0.1, 0.15) is 18.5 Å². The number of rotatable bonds is 17. The highest BCUT2D eigenvalue weighted by Crippen LogP contribution is 2.23. The molecule has 2 rings (SSSR count). The van der Waals surface area contributed by atoms with Crippen molar-refractivity contribution in [2.75, 3.05) is 34.4 Å². The van der Waals surface area contributed by atoms with Gasteiger partial charge in [-0.3, -0.25) is 9.59 Å². The van der Waals surface area contributed by atoms with Crippen LogP contribution in [0.1, 0.15) is 63.4 Å². The van der Waals surface area contributed by atoms with E-state index in [0.29, 0.717) is 6.54 Å². The van der Waals surface area contributed by atoms with Gasteiger partial charge in [0.2, 0.25) is 0 Å². The van der Waals surface area contributed by atoms with Crippen LogP contribution >= 0.6 is 0 Å². The number of nitrogens with zero attached hydrogens (tertiary/aromatic N) is 1. The summed E-state index contributed by atoms with van der Waals surface area (Å²) in [5.41, 5.74) is 2.63. The lowest BCUT2D eigenvalue weighted by molar-refractivity contribution is -0.154. The molecular weight excluding hydrogens is 446 g/mol. The van der Waals surface area contributed by atoms with E-state index < -0.39 is 18.0 Å². The van der Waals surface area contributed by atoms with Gasteiger partial charge in [0.15, 0.2) is 0 Å². The Morgan fingerprint density at radius 3 is 2.57 bits per heavy atom. The van der Waals surface area contributed by atoms with Crippen molar-refractivity contribution < 1.29 is 28.9 Å². The Morgan fingerprint density at radius 1 is 1.09 bits per heavy atom. The second kappa shape index (κ2) is 16.0. The van der Waals surface area contributed by atoms with Gasteiger partial charge in [-0.1, -0.05) is 31.1 Å². The molecule has 1 aromatic carbocycles. The zero-order valence-corrected chi connectivity index (χ0v) is 21.5. The maximum atomic E-state index is 12.0. The molecule has 1 aliphatic carbocycles. The third-order valence-electron chi connectivity index (χ3n) is 5.82. The molecule has 0 heterocycles. The first-order valence-electron chi connectivity index (χ1n) is 12.6. The van der Waals surface area contributed by atoms with Crippen molar-refractivity contribution in [1.82, 2.24) is 4.90 Å². The summed E-state index contributed by atoms with van der Waals surface area (Å²) in [7, 11) is 5.50.